The molecular weight excluding hydrogens is 351 g/mol. The van der Waals surface area contributed by atoms with Gasteiger partial charge in [0.15, 0.2) is 23.0 Å². The Balaban J connectivity index is 1.43. The van der Waals surface area contributed by atoms with E-state index in [1.807, 2.05) is 0 Å². The first-order valence-electron chi connectivity index (χ1n) is 8.25. The molecule has 2 N–H and O–H groups in total. The molecule has 27 heavy (non-hydrogen) atoms. The molecule has 0 spiro atoms. The Kier molecular flexibility index (Phi) is 4.52. The highest BCUT2D eigenvalue weighted by Gasteiger charge is 2.14. The fourth-order valence-corrected chi connectivity index (χ4v) is 2.55. The molecule has 1 aromatic heterocycles. The van der Waals surface area contributed by atoms with Gasteiger partial charge in [0, 0.05) is 17.4 Å². The van der Waals surface area contributed by atoms with Crippen LogP contribution in [0.3, 0.4) is 0 Å². The van der Waals surface area contributed by atoms with Crippen LogP contribution in [0.15, 0.2) is 54.6 Å². The Bertz CT molecular complexity index is 979. The number of rotatable bonds is 4. The zero-order chi connectivity index (χ0) is 18.6. The minimum atomic E-state index is -0.406. The van der Waals surface area contributed by atoms with Crippen LogP contribution in [0.2, 0.25) is 0 Å². The van der Waals surface area contributed by atoms with Gasteiger partial charge in [0.2, 0.25) is 0 Å². The number of nitrogens with one attached hydrogen (secondary N) is 2. The molecule has 0 saturated heterocycles. The first-order valence-corrected chi connectivity index (χ1v) is 8.25. The van der Waals surface area contributed by atoms with E-state index in [4.69, 9.17) is 9.47 Å². The van der Waals surface area contributed by atoms with Crippen LogP contribution < -0.4 is 20.1 Å². The Morgan fingerprint density at radius 3 is 2.56 bits per heavy atom. The van der Waals surface area contributed by atoms with E-state index in [9.17, 15) is 9.18 Å². The van der Waals surface area contributed by atoms with Crippen LogP contribution in [0.4, 0.5) is 21.6 Å². The van der Waals surface area contributed by atoms with Crippen LogP contribution in [0, 0.1) is 5.82 Å². The Hall–Kier alpha value is -3.68. The Labute approximate surface area is 154 Å². The van der Waals surface area contributed by atoms with Crippen molar-refractivity contribution in [3.05, 3.63) is 66.1 Å². The molecule has 3 aromatic rings. The smallest absolute Gasteiger partial charge is 0.276 e. The maximum Gasteiger partial charge on any atom is 0.276 e. The second-order valence-electron chi connectivity index (χ2n) is 5.75. The van der Waals surface area contributed by atoms with Crippen LogP contribution >= 0.6 is 0 Å². The lowest BCUT2D eigenvalue weighted by Crippen LogP contribution is -2.17. The normalized spacial score (nSPS) is 12.3. The number of fused-ring (bicyclic) bond motifs is 1. The number of hydrogen-bond acceptors (Lipinski definition) is 6. The van der Waals surface area contributed by atoms with E-state index in [0.29, 0.717) is 41.9 Å². The molecule has 0 unspecified atom stereocenters. The van der Waals surface area contributed by atoms with E-state index in [2.05, 4.69) is 20.8 Å². The molecule has 136 valence electrons. The summed E-state index contributed by atoms with van der Waals surface area (Å²) in [7, 11) is 0. The molecule has 4 rings (SSSR count). The van der Waals surface area contributed by atoms with Crippen LogP contribution in [0.1, 0.15) is 10.5 Å². The number of hydrogen-bond donors (Lipinski definition) is 2. The molecule has 0 fully saturated rings. The van der Waals surface area contributed by atoms with Gasteiger partial charge in [-0.05, 0) is 42.5 Å². The average molecular weight is 366 g/mol. The highest BCUT2D eigenvalue weighted by molar-refractivity contribution is 6.03. The standard InChI is InChI=1S/C19H15FN4O3/c20-12-2-1-3-13(10-12)21-18-7-5-15(23-24-18)19(25)22-14-4-6-16-17(11-14)27-9-8-26-16/h1-7,10-11H,8-9H2,(H,21,24)(H,22,25). The van der Waals surface area contributed by atoms with Gasteiger partial charge in [-0.15, -0.1) is 10.2 Å². The molecule has 8 heteroatoms. The SMILES string of the molecule is O=C(Nc1ccc2c(c1)OCCO2)c1ccc(Nc2cccc(F)c2)nn1. The van der Waals surface area contributed by atoms with Gasteiger partial charge >= 0.3 is 0 Å². The lowest BCUT2D eigenvalue weighted by atomic mass is 10.2. The topological polar surface area (TPSA) is 85.4 Å². The van der Waals surface area contributed by atoms with Crippen LogP contribution in [-0.2, 0) is 0 Å². The zero-order valence-corrected chi connectivity index (χ0v) is 14.1. The molecule has 2 aromatic carbocycles. The van der Waals surface area contributed by atoms with Crippen molar-refractivity contribution in [3.63, 3.8) is 0 Å². The summed E-state index contributed by atoms with van der Waals surface area (Å²) in [6, 6.07) is 14.2. The third kappa shape index (κ3) is 3.95. The highest BCUT2D eigenvalue weighted by Crippen LogP contribution is 2.32. The quantitative estimate of drug-likeness (QED) is 0.736. The molecule has 1 aliphatic rings. The number of benzene rings is 2. The Morgan fingerprint density at radius 1 is 0.926 bits per heavy atom. The second kappa shape index (κ2) is 7.28. The van der Waals surface area contributed by atoms with Crippen LogP contribution in [0.25, 0.3) is 0 Å². The summed E-state index contributed by atoms with van der Waals surface area (Å²) in [5, 5.41) is 13.5. The first-order chi connectivity index (χ1) is 13.2. The summed E-state index contributed by atoms with van der Waals surface area (Å²) in [6.07, 6.45) is 0. The van der Waals surface area contributed by atoms with Crippen molar-refractivity contribution in [2.75, 3.05) is 23.8 Å². The third-order valence-electron chi connectivity index (χ3n) is 3.79. The van der Waals surface area contributed by atoms with Crippen LogP contribution in [0.5, 0.6) is 11.5 Å². The molecule has 1 aliphatic heterocycles. The zero-order valence-electron chi connectivity index (χ0n) is 14.1. The van der Waals surface area contributed by atoms with Crippen molar-refractivity contribution in [3.8, 4) is 11.5 Å². The number of ether oxygens (including phenoxy) is 2. The third-order valence-corrected chi connectivity index (χ3v) is 3.79. The molecule has 0 aliphatic carbocycles. The minimum absolute atomic E-state index is 0.148. The summed E-state index contributed by atoms with van der Waals surface area (Å²) in [6.45, 7) is 0.972. The van der Waals surface area contributed by atoms with Gasteiger partial charge in [0.25, 0.3) is 5.91 Å². The van der Waals surface area contributed by atoms with Crippen molar-refractivity contribution in [1.29, 1.82) is 0 Å². The van der Waals surface area contributed by atoms with Gasteiger partial charge in [-0.1, -0.05) is 6.07 Å². The maximum atomic E-state index is 13.2. The maximum absolute atomic E-state index is 13.2. The highest BCUT2D eigenvalue weighted by atomic mass is 19.1. The van der Waals surface area contributed by atoms with Crippen molar-refractivity contribution >= 4 is 23.1 Å². The number of anilines is 3. The molecule has 0 saturated carbocycles. The minimum Gasteiger partial charge on any atom is -0.486 e. The molecular formula is C19H15FN4O3. The largest absolute Gasteiger partial charge is 0.486 e. The van der Waals surface area contributed by atoms with Gasteiger partial charge in [-0.25, -0.2) is 4.39 Å². The van der Waals surface area contributed by atoms with E-state index < -0.39 is 5.91 Å². The number of halogens is 1. The number of amides is 1. The average Bonchev–Trinajstić information content (AvgIpc) is 2.68. The number of carbonyl (C=O) groups excluding carboxylic acids is 1. The monoisotopic (exact) mass is 366 g/mol. The summed E-state index contributed by atoms with van der Waals surface area (Å²) < 4.78 is 24.1. The molecule has 0 bridgehead atoms. The number of carbonyl (C=O) groups is 1. The molecule has 0 radical (unpaired) electrons. The van der Waals surface area contributed by atoms with E-state index in [1.165, 1.54) is 18.2 Å². The first kappa shape index (κ1) is 16.8. The van der Waals surface area contributed by atoms with Crippen molar-refractivity contribution < 1.29 is 18.7 Å². The van der Waals surface area contributed by atoms with Crippen LogP contribution in [-0.4, -0.2) is 29.3 Å². The van der Waals surface area contributed by atoms with Gasteiger partial charge < -0.3 is 20.1 Å². The number of aromatic nitrogens is 2. The summed E-state index contributed by atoms with van der Waals surface area (Å²) >= 11 is 0. The molecule has 7 nitrogen and oxygen atoms in total. The predicted molar refractivity (Wildman–Crippen MR) is 97.1 cm³/mol. The van der Waals surface area contributed by atoms with Gasteiger partial charge in [-0.2, -0.15) is 0 Å². The summed E-state index contributed by atoms with van der Waals surface area (Å²) in [5.41, 5.74) is 1.25. The lowest BCUT2D eigenvalue weighted by Gasteiger charge is -2.18. The second-order valence-corrected chi connectivity index (χ2v) is 5.75. The fraction of sp³-hybridized carbons (Fsp3) is 0.105. The van der Waals surface area contributed by atoms with E-state index >= 15 is 0 Å². The van der Waals surface area contributed by atoms with Crippen molar-refractivity contribution in [1.82, 2.24) is 10.2 Å². The van der Waals surface area contributed by atoms with E-state index in [-0.39, 0.29) is 11.5 Å². The Morgan fingerprint density at radius 2 is 1.78 bits per heavy atom. The van der Waals surface area contributed by atoms with Gasteiger partial charge in [-0.3, -0.25) is 4.79 Å². The fourth-order valence-electron chi connectivity index (χ4n) is 2.55. The lowest BCUT2D eigenvalue weighted by molar-refractivity contribution is 0.102. The van der Waals surface area contributed by atoms with Gasteiger partial charge in [0.1, 0.15) is 19.0 Å². The van der Waals surface area contributed by atoms with E-state index in [1.54, 1.807) is 36.4 Å². The molecule has 2 heterocycles. The van der Waals surface area contributed by atoms with Gasteiger partial charge in [0.05, 0.1) is 0 Å². The molecule has 0 atom stereocenters. The summed E-state index contributed by atoms with van der Waals surface area (Å²) in [4.78, 5) is 12.3. The summed E-state index contributed by atoms with van der Waals surface area (Å²) in [5.74, 6) is 0.864. The molecule has 1 amide bonds. The number of nitrogens with zero attached hydrogens (tertiary/aromatic N) is 2. The predicted octanol–water partition coefficient (Wildman–Crippen LogP) is 3.38. The van der Waals surface area contributed by atoms with Crippen molar-refractivity contribution in [2.45, 2.75) is 0 Å². The van der Waals surface area contributed by atoms with E-state index in [0.717, 1.165) is 0 Å². The van der Waals surface area contributed by atoms with Crippen molar-refractivity contribution in [2.24, 2.45) is 0 Å².